The number of amides is 1. The van der Waals surface area contributed by atoms with Gasteiger partial charge >= 0.3 is 0 Å². The fourth-order valence-corrected chi connectivity index (χ4v) is 4.64. The highest BCUT2D eigenvalue weighted by Gasteiger charge is 2.48. The SMILES string of the molecule is CCCCCCCCCCCCn1nnnc1C(C(N)=O)(c1ccccc1)c1ccc(F)cc1F. The number of hydrogen-bond acceptors (Lipinski definition) is 4. The van der Waals surface area contributed by atoms with E-state index in [-0.39, 0.29) is 11.4 Å². The standard InChI is InChI=1S/C27H35F2N5O/c1-2-3-4-5-6-7-8-9-10-14-19-34-26(31-32-33-34)27(25(30)35,21-15-12-11-13-16-21)23-18-17-22(28)20-24(23)29/h11-13,15-18,20H,2-10,14,19H2,1H3,(H2,30,35). The van der Waals surface area contributed by atoms with E-state index < -0.39 is 23.0 Å². The van der Waals surface area contributed by atoms with Gasteiger partial charge in [0.2, 0.25) is 5.91 Å². The van der Waals surface area contributed by atoms with Crippen LogP contribution in [0.4, 0.5) is 8.78 Å². The van der Waals surface area contributed by atoms with Gasteiger partial charge in [0.25, 0.3) is 0 Å². The minimum absolute atomic E-state index is 0.0864. The maximum Gasteiger partial charge on any atom is 0.240 e. The van der Waals surface area contributed by atoms with E-state index in [0.29, 0.717) is 12.1 Å². The highest BCUT2D eigenvalue weighted by atomic mass is 19.1. The molecule has 1 amide bonds. The molecule has 188 valence electrons. The molecule has 1 atom stereocenters. The molecule has 1 heterocycles. The molecular weight excluding hydrogens is 448 g/mol. The van der Waals surface area contributed by atoms with E-state index in [1.165, 1.54) is 55.7 Å². The highest BCUT2D eigenvalue weighted by molar-refractivity contribution is 5.94. The first kappa shape index (κ1) is 26.4. The number of benzene rings is 2. The number of primary amides is 1. The first-order valence-electron chi connectivity index (χ1n) is 12.6. The lowest BCUT2D eigenvalue weighted by atomic mass is 9.72. The molecule has 0 aliphatic rings. The molecule has 0 aliphatic heterocycles. The van der Waals surface area contributed by atoms with E-state index in [9.17, 15) is 9.18 Å². The molecular formula is C27H35F2N5O. The number of carbonyl (C=O) groups excluding carboxylic acids is 1. The first-order valence-corrected chi connectivity index (χ1v) is 12.6. The molecule has 2 N–H and O–H groups in total. The Kier molecular flexibility index (Phi) is 9.87. The summed E-state index contributed by atoms with van der Waals surface area (Å²) in [7, 11) is 0. The van der Waals surface area contributed by atoms with Crippen molar-refractivity contribution in [3.63, 3.8) is 0 Å². The van der Waals surface area contributed by atoms with Crippen LogP contribution in [-0.2, 0) is 16.8 Å². The predicted molar refractivity (Wildman–Crippen MR) is 132 cm³/mol. The maximum absolute atomic E-state index is 15.1. The summed E-state index contributed by atoms with van der Waals surface area (Å²) in [4.78, 5) is 13.1. The molecule has 35 heavy (non-hydrogen) atoms. The van der Waals surface area contributed by atoms with Crippen molar-refractivity contribution in [2.45, 2.75) is 83.1 Å². The van der Waals surface area contributed by atoms with E-state index in [2.05, 4.69) is 22.4 Å². The number of aromatic nitrogens is 4. The molecule has 0 aliphatic carbocycles. The Bertz CT molecular complexity index is 1070. The van der Waals surface area contributed by atoms with Crippen LogP contribution in [0, 0.1) is 11.6 Å². The van der Waals surface area contributed by atoms with Crippen molar-refractivity contribution in [1.29, 1.82) is 0 Å². The average molecular weight is 484 g/mol. The van der Waals surface area contributed by atoms with Crippen LogP contribution >= 0.6 is 0 Å². The fraction of sp³-hybridized carbons (Fsp3) is 0.481. The number of rotatable bonds is 15. The number of carbonyl (C=O) groups is 1. The van der Waals surface area contributed by atoms with Crippen molar-refractivity contribution in [3.8, 4) is 0 Å². The molecule has 6 nitrogen and oxygen atoms in total. The lowest BCUT2D eigenvalue weighted by Gasteiger charge is -2.31. The number of nitrogens with two attached hydrogens (primary N) is 1. The lowest BCUT2D eigenvalue weighted by Crippen LogP contribution is -2.46. The summed E-state index contributed by atoms with van der Waals surface area (Å²) >= 11 is 0. The molecule has 0 saturated carbocycles. The van der Waals surface area contributed by atoms with Crippen LogP contribution in [0.25, 0.3) is 0 Å². The number of halogens is 2. The highest BCUT2D eigenvalue weighted by Crippen LogP contribution is 2.39. The van der Waals surface area contributed by atoms with Crippen LogP contribution in [0.5, 0.6) is 0 Å². The monoisotopic (exact) mass is 483 g/mol. The van der Waals surface area contributed by atoms with Gasteiger partial charge in [-0.3, -0.25) is 4.79 Å². The quantitative estimate of drug-likeness (QED) is 0.281. The molecule has 8 heteroatoms. The maximum atomic E-state index is 15.1. The topological polar surface area (TPSA) is 86.7 Å². The molecule has 0 saturated heterocycles. The van der Waals surface area contributed by atoms with Crippen molar-refractivity contribution in [3.05, 3.63) is 77.1 Å². The summed E-state index contributed by atoms with van der Waals surface area (Å²) < 4.78 is 30.4. The molecule has 1 unspecified atom stereocenters. The van der Waals surface area contributed by atoms with Gasteiger partial charge in [-0.25, -0.2) is 13.5 Å². The third-order valence-electron chi connectivity index (χ3n) is 6.50. The van der Waals surface area contributed by atoms with E-state index in [4.69, 9.17) is 5.73 Å². The van der Waals surface area contributed by atoms with Crippen molar-refractivity contribution in [1.82, 2.24) is 20.2 Å². The lowest BCUT2D eigenvalue weighted by molar-refractivity contribution is -0.121. The summed E-state index contributed by atoms with van der Waals surface area (Å²) in [5.41, 5.74) is 4.47. The second kappa shape index (κ2) is 13.1. The molecule has 0 radical (unpaired) electrons. The molecule has 0 spiro atoms. The zero-order valence-electron chi connectivity index (χ0n) is 20.4. The zero-order chi connectivity index (χ0) is 25.1. The minimum atomic E-state index is -1.80. The van der Waals surface area contributed by atoms with Gasteiger partial charge in [-0.15, -0.1) is 5.10 Å². The van der Waals surface area contributed by atoms with Crippen molar-refractivity contribution in [2.75, 3.05) is 0 Å². The number of tetrazole rings is 1. The number of unbranched alkanes of at least 4 members (excludes halogenated alkanes) is 9. The Balaban J connectivity index is 1.79. The summed E-state index contributed by atoms with van der Waals surface area (Å²) in [6.07, 6.45) is 11.8. The van der Waals surface area contributed by atoms with E-state index in [1.54, 1.807) is 30.3 Å². The van der Waals surface area contributed by atoms with Crippen LogP contribution in [0.15, 0.2) is 48.5 Å². The Labute approximate surface area is 205 Å². The third kappa shape index (κ3) is 6.29. The average Bonchev–Trinajstić information content (AvgIpc) is 3.31. The second-order valence-electron chi connectivity index (χ2n) is 9.01. The Morgan fingerprint density at radius 1 is 0.914 bits per heavy atom. The minimum Gasteiger partial charge on any atom is -0.368 e. The van der Waals surface area contributed by atoms with Gasteiger partial charge in [0.05, 0.1) is 0 Å². The molecule has 1 aromatic heterocycles. The van der Waals surface area contributed by atoms with Gasteiger partial charge < -0.3 is 5.73 Å². The first-order chi connectivity index (χ1) is 17.0. The van der Waals surface area contributed by atoms with Crippen molar-refractivity contribution in [2.24, 2.45) is 5.73 Å². The van der Waals surface area contributed by atoms with Gasteiger partial charge in [-0.05, 0) is 28.5 Å². The van der Waals surface area contributed by atoms with Gasteiger partial charge in [0.15, 0.2) is 11.2 Å². The smallest absolute Gasteiger partial charge is 0.240 e. The number of hydrogen-bond donors (Lipinski definition) is 1. The van der Waals surface area contributed by atoms with Gasteiger partial charge in [-0.2, -0.15) is 0 Å². The van der Waals surface area contributed by atoms with Gasteiger partial charge in [0, 0.05) is 18.2 Å². The molecule has 2 aromatic carbocycles. The van der Waals surface area contributed by atoms with Crippen LogP contribution in [0.2, 0.25) is 0 Å². The summed E-state index contributed by atoms with van der Waals surface area (Å²) in [6.45, 7) is 2.68. The largest absolute Gasteiger partial charge is 0.368 e. The molecule has 0 fully saturated rings. The zero-order valence-corrected chi connectivity index (χ0v) is 20.4. The number of aryl methyl sites for hydroxylation is 1. The Hall–Kier alpha value is -3.16. The van der Waals surface area contributed by atoms with Crippen LogP contribution in [0.3, 0.4) is 0 Å². The summed E-state index contributed by atoms with van der Waals surface area (Å²) in [5, 5.41) is 12.0. The Morgan fingerprint density at radius 3 is 2.14 bits per heavy atom. The van der Waals surface area contributed by atoms with E-state index in [0.717, 1.165) is 31.4 Å². The number of nitrogens with zero attached hydrogens (tertiary/aromatic N) is 4. The van der Waals surface area contributed by atoms with Crippen LogP contribution in [-0.4, -0.2) is 26.1 Å². The summed E-state index contributed by atoms with van der Waals surface area (Å²) in [5.74, 6) is -2.35. The molecule has 3 rings (SSSR count). The summed E-state index contributed by atoms with van der Waals surface area (Å²) in [6, 6.07) is 11.7. The van der Waals surface area contributed by atoms with Gasteiger partial charge in [0.1, 0.15) is 11.6 Å². The van der Waals surface area contributed by atoms with E-state index >= 15 is 4.39 Å². The fourth-order valence-electron chi connectivity index (χ4n) is 4.64. The third-order valence-corrected chi connectivity index (χ3v) is 6.50. The normalized spacial score (nSPS) is 13.0. The molecule has 3 aromatic rings. The van der Waals surface area contributed by atoms with E-state index in [1.807, 2.05) is 0 Å². The van der Waals surface area contributed by atoms with Gasteiger partial charge in [-0.1, -0.05) is 101 Å². The van der Waals surface area contributed by atoms with Crippen molar-refractivity contribution < 1.29 is 13.6 Å². The predicted octanol–water partition coefficient (Wildman–Crippen LogP) is 5.69. The van der Waals surface area contributed by atoms with Crippen LogP contribution in [0.1, 0.15) is 88.1 Å². The molecule has 0 bridgehead atoms. The van der Waals surface area contributed by atoms with Crippen molar-refractivity contribution >= 4 is 5.91 Å². The second-order valence-corrected chi connectivity index (χ2v) is 9.01. The Morgan fingerprint density at radius 2 is 1.54 bits per heavy atom. The van der Waals surface area contributed by atoms with Crippen LogP contribution < -0.4 is 5.73 Å².